The number of nitriles is 1. The minimum Gasteiger partial charge on any atom is -0.496 e. The molecule has 42 heavy (non-hydrogen) atoms. The molecule has 216 valence electrons. The average Bonchev–Trinajstić information content (AvgIpc) is 2.96. The van der Waals surface area contributed by atoms with E-state index >= 15 is 0 Å². The number of nitrogens with zero attached hydrogens (tertiary/aromatic N) is 7. The van der Waals surface area contributed by atoms with Crippen molar-refractivity contribution >= 4 is 22.9 Å². The zero-order chi connectivity index (χ0) is 30.3. The maximum atomic E-state index is 14.1. The Morgan fingerprint density at radius 3 is 2.62 bits per heavy atom. The fourth-order valence-electron chi connectivity index (χ4n) is 5.43. The Morgan fingerprint density at radius 1 is 1.21 bits per heavy atom. The molecule has 0 saturated carbocycles. The Labute approximate surface area is 241 Å². The highest BCUT2D eigenvalue weighted by Gasteiger charge is 2.31. The molecule has 0 spiro atoms. The quantitative estimate of drug-likeness (QED) is 0.367. The van der Waals surface area contributed by atoms with Crippen LogP contribution in [0, 0.1) is 24.1 Å². The van der Waals surface area contributed by atoms with Gasteiger partial charge in [-0.1, -0.05) is 13.8 Å². The summed E-state index contributed by atoms with van der Waals surface area (Å²) < 4.78 is 20.9. The van der Waals surface area contributed by atoms with Gasteiger partial charge in [-0.15, -0.1) is 0 Å². The van der Waals surface area contributed by atoms with Gasteiger partial charge in [0, 0.05) is 43.5 Å². The maximum Gasteiger partial charge on any atom is 0.407 e. The van der Waals surface area contributed by atoms with E-state index in [0.717, 1.165) is 5.56 Å². The number of carbonyl (C=O) groups is 1. The predicted octanol–water partition coefficient (Wildman–Crippen LogP) is 4.48. The van der Waals surface area contributed by atoms with Gasteiger partial charge in [0.1, 0.15) is 23.5 Å². The van der Waals surface area contributed by atoms with Crippen molar-refractivity contribution in [2.75, 3.05) is 31.6 Å². The van der Waals surface area contributed by atoms with Crippen LogP contribution in [0.3, 0.4) is 0 Å². The van der Waals surface area contributed by atoms with E-state index in [2.05, 4.69) is 16.0 Å². The fraction of sp³-hybridized carbons (Fsp3) is 0.333. The third-order valence-corrected chi connectivity index (χ3v) is 7.48. The van der Waals surface area contributed by atoms with E-state index in [4.69, 9.17) is 9.72 Å². The van der Waals surface area contributed by atoms with Crippen molar-refractivity contribution < 1.29 is 19.0 Å². The number of aromatic nitrogens is 4. The molecular formula is C30H30FN7O4. The first-order valence-corrected chi connectivity index (χ1v) is 13.5. The summed E-state index contributed by atoms with van der Waals surface area (Å²) in [5.74, 6) is -0.0700. The summed E-state index contributed by atoms with van der Waals surface area (Å²) >= 11 is 0. The normalized spacial score (nSPS) is 15.2. The van der Waals surface area contributed by atoms with Crippen LogP contribution in [-0.2, 0) is 0 Å². The van der Waals surface area contributed by atoms with Gasteiger partial charge >= 0.3 is 11.8 Å². The zero-order valence-electron chi connectivity index (χ0n) is 23.9. The number of benzene rings is 1. The van der Waals surface area contributed by atoms with E-state index in [1.54, 1.807) is 18.3 Å². The summed E-state index contributed by atoms with van der Waals surface area (Å²) in [5, 5.41) is 20.2. The number of fused-ring (bicyclic) bond motifs is 1. The van der Waals surface area contributed by atoms with Crippen LogP contribution >= 0.6 is 0 Å². The second-order valence-electron chi connectivity index (χ2n) is 10.6. The predicted molar refractivity (Wildman–Crippen MR) is 155 cm³/mol. The molecule has 5 rings (SSSR count). The van der Waals surface area contributed by atoms with Crippen LogP contribution in [0.25, 0.3) is 28.0 Å². The molecule has 1 atom stereocenters. The lowest BCUT2D eigenvalue weighted by Crippen LogP contribution is -2.54. The largest absolute Gasteiger partial charge is 0.496 e. The number of halogens is 1. The molecular weight excluding hydrogens is 541 g/mol. The molecule has 1 aromatic carbocycles. The summed E-state index contributed by atoms with van der Waals surface area (Å²) in [5.41, 5.74) is 2.39. The molecule has 1 aliphatic rings. The van der Waals surface area contributed by atoms with Crippen molar-refractivity contribution in [2.24, 2.45) is 0 Å². The molecule has 0 radical (unpaired) electrons. The third-order valence-electron chi connectivity index (χ3n) is 7.48. The van der Waals surface area contributed by atoms with Crippen molar-refractivity contribution in [1.82, 2.24) is 24.4 Å². The van der Waals surface area contributed by atoms with Crippen LogP contribution in [0.4, 0.5) is 15.0 Å². The number of anilines is 1. The number of ether oxygens (including phenoxy) is 1. The van der Waals surface area contributed by atoms with Gasteiger partial charge in [-0.25, -0.2) is 23.5 Å². The smallest absolute Gasteiger partial charge is 0.407 e. The Bertz CT molecular complexity index is 1810. The monoisotopic (exact) mass is 571 g/mol. The van der Waals surface area contributed by atoms with Crippen molar-refractivity contribution in [3.8, 4) is 28.8 Å². The molecule has 1 fully saturated rings. The Hall–Kier alpha value is -5.05. The standard InChI is InChI=1S/C30H30FN7O4/c1-16(2)24-26(17(3)8-9-33-24)38-28-22(27(35-29(38)39)37-11-10-36(30(40)41)15-18(37)4)12-19(14-32)25(34-28)21-7-6-20(31)13-23(21)42-5/h6-9,12-13,16,18H,10-11,15H2,1-5H3,(H,40,41)/t18-/m0/s1. The van der Waals surface area contributed by atoms with Gasteiger partial charge in [0.25, 0.3) is 0 Å². The number of methoxy groups -OCH3 is 1. The second kappa shape index (κ2) is 11.1. The highest BCUT2D eigenvalue weighted by Crippen LogP contribution is 2.36. The highest BCUT2D eigenvalue weighted by molar-refractivity contribution is 5.93. The average molecular weight is 572 g/mol. The van der Waals surface area contributed by atoms with Crippen LogP contribution in [0.5, 0.6) is 5.75 Å². The van der Waals surface area contributed by atoms with Crippen molar-refractivity contribution in [1.29, 1.82) is 5.26 Å². The first-order valence-electron chi connectivity index (χ1n) is 13.5. The molecule has 4 aromatic rings. The first-order chi connectivity index (χ1) is 20.0. The molecule has 1 aliphatic heterocycles. The molecule has 1 amide bonds. The van der Waals surface area contributed by atoms with Crippen molar-refractivity contribution in [3.05, 3.63) is 69.7 Å². The second-order valence-corrected chi connectivity index (χ2v) is 10.6. The molecule has 11 nitrogen and oxygen atoms in total. The number of rotatable bonds is 5. The van der Waals surface area contributed by atoms with Crippen LogP contribution < -0.4 is 15.3 Å². The highest BCUT2D eigenvalue weighted by atomic mass is 19.1. The van der Waals surface area contributed by atoms with Gasteiger partial charge in [0.05, 0.1) is 35.1 Å². The molecule has 0 unspecified atom stereocenters. The lowest BCUT2D eigenvalue weighted by Gasteiger charge is -2.39. The molecule has 12 heteroatoms. The van der Waals surface area contributed by atoms with Gasteiger partial charge in [-0.05, 0) is 49.6 Å². The van der Waals surface area contributed by atoms with E-state index < -0.39 is 17.6 Å². The summed E-state index contributed by atoms with van der Waals surface area (Å²) in [6, 6.07) is 9.24. The number of carboxylic acid groups (broad SMARTS) is 1. The van der Waals surface area contributed by atoms with E-state index in [1.807, 2.05) is 32.6 Å². The first kappa shape index (κ1) is 28.5. The number of piperazine rings is 1. The summed E-state index contributed by atoms with van der Waals surface area (Å²) in [7, 11) is 1.40. The van der Waals surface area contributed by atoms with Gasteiger partial charge in [-0.3, -0.25) is 4.98 Å². The molecule has 1 saturated heterocycles. The lowest BCUT2D eigenvalue weighted by atomic mass is 10.0. The number of aryl methyl sites for hydroxylation is 1. The SMILES string of the molecule is COc1cc(F)ccc1-c1nc2c(cc1C#N)c(N1CCN(C(=O)O)C[C@@H]1C)nc(=O)n2-c1c(C)ccnc1C(C)C. The van der Waals surface area contributed by atoms with Crippen LogP contribution in [-0.4, -0.2) is 68.4 Å². The molecule has 0 bridgehead atoms. The van der Waals surface area contributed by atoms with Gasteiger partial charge in [0.15, 0.2) is 5.65 Å². The lowest BCUT2D eigenvalue weighted by molar-refractivity contribution is 0.136. The summed E-state index contributed by atoms with van der Waals surface area (Å²) in [4.78, 5) is 42.7. The third kappa shape index (κ3) is 4.87. The Morgan fingerprint density at radius 2 is 1.98 bits per heavy atom. The molecule has 4 heterocycles. The maximum absolute atomic E-state index is 14.1. The summed E-state index contributed by atoms with van der Waals surface area (Å²) in [6.45, 7) is 8.39. The van der Waals surface area contributed by atoms with Crippen molar-refractivity contribution in [3.63, 3.8) is 0 Å². The minimum absolute atomic E-state index is 0.0410. The minimum atomic E-state index is -1.02. The molecule has 0 aliphatic carbocycles. The van der Waals surface area contributed by atoms with Gasteiger partial charge in [0.2, 0.25) is 0 Å². The van der Waals surface area contributed by atoms with Gasteiger partial charge in [-0.2, -0.15) is 10.2 Å². The van der Waals surface area contributed by atoms with Gasteiger partial charge < -0.3 is 19.6 Å². The van der Waals surface area contributed by atoms with Crippen LogP contribution in [0.1, 0.15) is 43.5 Å². The Balaban J connectivity index is 1.88. The van der Waals surface area contributed by atoms with E-state index in [-0.39, 0.29) is 54.2 Å². The Kier molecular flexibility index (Phi) is 7.51. The summed E-state index contributed by atoms with van der Waals surface area (Å²) in [6.07, 6.45) is 0.664. The van der Waals surface area contributed by atoms with Crippen LogP contribution in [0.15, 0.2) is 41.3 Å². The topological polar surface area (TPSA) is 137 Å². The van der Waals surface area contributed by atoms with E-state index in [9.17, 15) is 24.3 Å². The van der Waals surface area contributed by atoms with Crippen LogP contribution in [0.2, 0.25) is 0 Å². The fourth-order valence-corrected chi connectivity index (χ4v) is 5.43. The van der Waals surface area contributed by atoms with E-state index in [1.165, 1.54) is 34.8 Å². The molecule has 1 N–H and O–H groups in total. The number of pyridine rings is 2. The van der Waals surface area contributed by atoms with E-state index in [0.29, 0.717) is 28.1 Å². The number of hydrogen-bond acceptors (Lipinski definition) is 8. The van der Waals surface area contributed by atoms with Crippen molar-refractivity contribution in [2.45, 2.75) is 39.7 Å². The number of hydrogen-bond donors (Lipinski definition) is 1. The molecule has 3 aromatic heterocycles. The number of amides is 1. The zero-order valence-corrected chi connectivity index (χ0v) is 23.9.